The van der Waals surface area contributed by atoms with Crippen molar-refractivity contribution in [2.75, 3.05) is 18.9 Å². The average Bonchev–Trinajstić information content (AvgIpc) is 3.08. The van der Waals surface area contributed by atoms with E-state index in [4.69, 9.17) is 0 Å². The monoisotopic (exact) mass is 375 g/mol. The standard InChI is InChI=1S/C23H25N3O2/c1-15-10-12-16(13-11-15)24-21(27)14-26(2)23(28)19-8-5-7-18-17-6-3-4-9-20(17)25-22(18)19/h5,7-8,10-13,25H,3-4,6,9,14H2,1-2H3,(H,24,27). The SMILES string of the molecule is Cc1ccc(NC(=O)CN(C)C(=O)c2cccc3c4c([nH]c23)CCCC4)cc1. The second-order valence-corrected chi connectivity index (χ2v) is 7.59. The normalized spacial score (nSPS) is 13.2. The van der Waals surface area contributed by atoms with Gasteiger partial charge in [0.05, 0.1) is 17.6 Å². The Balaban J connectivity index is 1.51. The van der Waals surface area contributed by atoms with Crippen LogP contribution >= 0.6 is 0 Å². The summed E-state index contributed by atoms with van der Waals surface area (Å²) in [4.78, 5) is 30.3. The molecule has 0 spiro atoms. The molecule has 0 saturated heterocycles. The molecule has 1 aliphatic rings. The number of amides is 2. The molecule has 5 nitrogen and oxygen atoms in total. The molecule has 144 valence electrons. The highest BCUT2D eigenvalue weighted by atomic mass is 16.2. The topological polar surface area (TPSA) is 65.2 Å². The number of hydrogen-bond donors (Lipinski definition) is 2. The number of nitrogens with zero attached hydrogens (tertiary/aromatic N) is 1. The van der Waals surface area contributed by atoms with E-state index >= 15 is 0 Å². The highest BCUT2D eigenvalue weighted by Gasteiger charge is 2.22. The number of carbonyl (C=O) groups excluding carboxylic acids is 2. The third-order valence-corrected chi connectivity index (χ3v) is 5.43. The molecule has 2 amide bonds. The Morgan fingerprint density at radius 3 is 2.61 bits per heavy atom. The third-order valence-electron chi connectivity index (χ3n) is 5.43. The van der Waals surface area contributed by atoms with Gasteiger partial charge >= 0.3 is 0 Å². The first-order valence-corrected chi connectivity index (χ1v) is 9.77. The minimum absolute atomic E-state index is 0.00349. The van der Waals surface area contributed by atoms with Gasteiger partial charge in [-0.05, 0) is 56.4 Å². The van der Waals surface area contributed by atoms with E-state index in [0.717, 1.165) is 35.0 Å². The molecule has 0 radical (unpaired) electrons. The van der Waals surface area contributed by atoms with Gasteiger partial charge in [0.2, 0.25) is 5.91 Å². The van der Waals surface area contributed by atoms with Crippen molar-refractivity contribution in [1.29, 1.82) is 0 Å². The van der Waals surface area contributed by atoms with Gasteiger partial charge in [0, 0.05) is 23.8 Å². The largest absolute Gasteiger partial charge is 0.358 e. The summed E-state index contributed by atoms with van der Waals surface area (Å²) >= 11 is 0. The van der Waals surface area contributed by atoms with Gasteiger partial charge in [-0.15, -0.1) is 0 Å². The van der Waals surface area contributed by atoms with Crippen LogP contribution in [0, 0.1) is 6.92 Å². The molecule has 1 aliphatic carbocycles. The van der Waals surface area contributed by atoms with Crippen molar-refractivity contribution < 1.29 is 9.59 Å². The number of fused-ring (bicyclic) bond motifs is 3. The van der Waals surface area contributed by atoms with Crippen LogP contribution in [0.2, 0.25) is 0 Å². The van der Waals surface area contributed by atoms with Gasteiger partial charge in [-0.1, -0.05) is 29.8 Å². The molecule has 0 aliphatic heterocycles. The van der Waals surface area contributed by atoms with Gasteiger partial charge < -0.3 is 15.2 Å². The average molecular weight is 375 g/mol. The number of likely N-dealkylation sites (N-methyl/N-ethyl adjacent to an activating group) is 1. The Hall–Kier alpha value is -3.08. The summed E-state index contributed by atoms with van der Waals surface area (Å²) in [6, 6.07) is 13.4. The zero-order valence-corrected chi connectivity index (χ0v) is 16.3. The number of benzene rings is 2. The summed E-state index contributed by atoms with van der Waals surface area (Å²) in [5.41, 5.74) is 5.97. The number of aryl methyl sites for hydroxylation is 3. The fourth-order valence-corrected chi connectivity index (χ4v) is 3.94. The predicted octanol–water partition coefficient (Wildman–Crippen LogP) is 4.07. The number of carbonyl (C=O) groups is 2. The molecule has 0 fully saturated rings. The zero-order chi connectivity index (χ0) is 19.7. The lowest BCUT2D eigenvalue weighted by atomic mass is 9.95. The molecule has 2 aromatic carbocycles. The van der Waals surface area contributed by atoms with Crippen LogP contribution in [0.25, 0.3) is 10.9 Å². The number of H-pyrrole nitrogens is 1. The van der Waals surface area contributed by atoms with Crippen LogP contribution in [-0.2, 0) is 17.6 Å². The van der Waals surface area contributed by atoms with E-state index in [0.29, 0.717) is 5.56 Å². The number of nitrogens with one attached hydrogen (secondary N) is 2. The van der Waals surface area contributed by atoms with E-state index < -0.39 is 0 Å². The van der Waals surface area contributed by atoms with E-state index in [1.54, 1.807) is 7.05 Å². The number of hydrogen-bond acceptors (Lipinski definition) is 2. The molecule has 1 aromatic heterocycles. The van der Waals surface area contributed by atoms with Crippen molar-refractivity contribution in [3.05, 3.63) is 64.8 Å². The van der Waals surface area contributed by atoms with Crippen LogP contribution in [0.3, 0.4) is 0 Å². The molecule has 28 heavy (non-hydrogen) atoms. The number of aromatic nitrogens is 1. The Morgan fingerprint density at radius 2 is 1.82 bits per heavy atom. The van der Waals surface area contributed by atoms with Crippen molar-refractivity contribution in [3.8, 4) is 0 Å². The lowest BCUT2D eigenvalue weighted by Gasteiger charge is -2.17. The molecule has 0 atom stereocenters. The lowest BCUT2D eigenvalue weighted by Crippen LogP contribution is -2.35. The zero-order valence-electron chi connectivity index (χ0n) is 16.3. The minimum Gasteiger partial charge on any atom is -0.358 e. The second-order valence-electron chi connectivity index (χ2n) is 7.59. The van der Waals surface area contributed by atoms with Crippen molar-refractivity contribution in [2.45, 2.75) is 32.6 Å². The van der Waals surface area contributed by atoms with Crippen molar-refractivity contribution in [2.24, 2.45) is 0 Å². The highest BCUT2D eigenvalue weighted by Crippen LogP contribution is 2.31. The summed E-state index contributed by atoms with van der Waals surface area (Å²) in [5, 5.41) is 3.98. The summed E-state index contributed by atoms with van der Waals surface area (Å²) in [7, 11) is 1.67. The molecule has 0 unspecified atom stereocenters. The van der Waals surface area contributed by atoms with Crippen LogP contribution in [0.5, 0.6) is 0 Å². The van der Waals surface area contributed by atoms with Gasteiger partial charge in [-0.25, -0.2) is 0 Å². The summed E-state index contributed by atoms with van der Waals surface area (Å²) in [6.45, 7) is 2.00. The number of rotatable bonds is 4. The van der Waals surface area contributed by atoms with Crippen molar-refractivity contribution in [1.82, 2.24) is 9.88 Å². The van der Waals surface area contributed by atoms with Crippen LogP contribution in [0.4, 0.5) is 5.69 Å². The number of anilines is 1. The van der Waals surface area contributed by atoms with Crippen molar-refractivity contribution in [3.63, 3.8) is 0 Å². The third kappa shape index (κ3) is 3.52. The van der Waals surface area contributed by atoms with Gasteiger partial charge in [0.15, 0.2) is 0 Å². The Morgan fingerprint density at radius 1 is 1.07 bits per heavy atom. The Bertz CT molecular complexity index is 1030. The first-order chi connectivity index (χ1) is 13.5. The minimum atomic E-state index is -0.211. The first-order valence-electron chi connectivity index (χ1n) is 9.77. The maximum Gasteiger partial charge on any atom is 0.256 e. The Labute approximate surface area is 164 Å². The molecule has 5 heteroatoms. The quantitative estimate of drug-likeness (QED) is 0.722. The van der Waals surface area contributed by atoms with E-state index in [1.807, 2.05) is 43.3 Å². The van der Waals surface area contributed by atoms with Gasteiger partial charge in [0.25, 0.3) is 5.91 Å². The summed E-state index contributed by atoms with van der Waals surface area (Å²) in [6.07, 6.45) is 4.47. The van der Waals surface area contributed by atoms with E-state index in [1.165, 1.54) is 29.0 Å². The second kappa shape index (κ2) is 7.50. The maximum absolute atomic E-state index is 13.0. The van der Waals surface area contributed by atoms with Crippen LogP contribution in [-0.4, -0.2) is 35.3 Å². The Kier molecular flexibility index (Phi) is 4.90. The van der Waals surface area contributed by atoms with E-state index in [-0.39, 0.29) is 18.4 Å². The predicted molar refractivity (Wildman–Crippen MR) is 112 cm³/mol. The van der Waals surface area contributed by atoms with E-state index in [9.17, 15) is 9.59 Å². The van der Waals surface area contributed by atoms with Crippen LogP contribution in [0.1, 0.15) is 40.0 Å². The smallest absolute Gasteiger partial charge is 0.256 e. The van der Waals surface area contributed by atoms with Gasteiger partial charge in [-0.2, -0.15) is 0 Å². The van der Waals surface area contributed by atoms with Gasteiger partial charge in [-0.3, -0.25) is 9.59 Å². The van der Waals surface area contributed by atoms with Crippen molar-refractivity contribution >= 4 is 28.4 Å². The number of para-hydroxylation sites is 1. The van der Waals surface area contributed by atoms with E-state index in [2.05, 4.69) is 16.4 Å². The van der Waals surface area contributed by atoms with Gasteiger partial charge in [0.1, 0.15) is 0 Å². The molecule has 4 rings (SSSR count). The summed E-state index contributed by atoms with van der Waals surface area (Å²) in [5.74, 6) is -0.360. The molecule has 2 N–H and O–H groups in total. The lowest BCUT2D eigenvalue weighted by molar-refractivity contribution is -0.116. The maximum atomic E-state index is 13.0. The molecular weight excluding hydrogens is 350 g/mol. The molecule has 1 heterocycles. The van der Waals surface area contributed by atoms with Crippen LogP contribution in [0.15, 0.2) is 42.5 Å². The fraction of sp³-hybridized carbons (Fsp3) is 0.304. The number of aromatic amines is 1. The molecule has 0 saturated carbocycles. The summed E-state index contributed by atoms with van der Waals surface area (Å²) < 4.78 is 0. The first kappa shape index (κ1) is 18.3. The van der Waals surface area contributed by atoms with Crippen LogP contribution < -0.4 is 5.32 Å². The molecule has 3 aromatic rings. The molecular formula is C23H25N3O2. The molecule has 0 bridgehead atoms. The highest BCUT2D eigenvalue weighted by molar-refractivity contribution is 6.08. The fourth-order valence-electron chi connectivity index (χ4n) is 3.94.